The van der Waals surface area contributed by atoms with Crippen LogP contribution in [0, 0.1) is 6.92 Å². The second kappa shape index (κ2) is 7.64. The smallest absolute Gasteiger partial charge is 0.206 e. The van der Waals surface area contributed by atoms with Gasteiger partial charge in [-0.3, -0.25) is 5.10 Å². The highest BCUT2D eigenvalue weighted by molar-refractivity contribution is 7.18. The lowest BCUT2D eigenvalue weighted by molar-refractivity contribution is 0.698. The number of aromatic nitrogens is 4. The molecule has 27 heavy (non-hydrogen) atoms. The van der Waals surface area contributed by atoms with E-state index >= 15 is 0 Å². The van der Waals surface area contributed by atoms with Gasteiger partial charge >= 0.3 is 0 Å². The molecule has 0 amide bonds. The molecule has 138 valence electrons. The molecule has 0 aliphatic carbocycles. The average Bonchev–Trinajstić information content (AvgIpc) is 3.27. The molecule has 0 saturated heterocycles. The van der Waals surface area contributed by atoms with Crippen molar-refractivity contribution in [2.75, 3.05) is 11.9 Å². The van der Waals surface area contributed by atoms with Crippen LogP contribution in [0.15, 0.2) is 42.5 Å². The van der Waals surface area contributed by atoms with Crippen molar-refractivity contribution < 1.29 is 0 Å². The molecule has 0 fully saturated rings. The zero-order valence-electron chi connectivity index (χ0n) is 14.7. The minimum Gasteiger partial charge on any atom is -0.359 e. The minimum atomic E-state index is -0.0410. The van der Waals surface area contributed by atoms with Gasteiger partial charge in [0, 0.05) is 28.6 Å². The summed E-state index contributed by atoms with van der Waals surface area (Å²) in [5.41, 5.74) is 10.4. The first kappa shape index (κ1) is 17.9. The van der Waals surface area contributed by atoms with E-state index in [-0.39, 0.29) is 6.04 Å². The maximum absolute atomic E-state index is 6.23. The first-order valence-corrected chi connectivity index (χ1v) is 9.80. The van der Waals surface area contributed by atoms with Crippen molar-refractivity contribution in [1.82, 2.24) is 20.4 Å². The fourth-order valence-electron chi connectivity index (χ4n) is 2.95. The molecule has 0 saturated carbocycles. The Bertz CT molecular complexity index is 1070. The van der Waals surface area contributed by atoms with E-state index in [0.29, 0.717) is 6.54 Å². The van der Waals surface area contributed by atoms with Gasteiger partial charge in [0.05, 0.1) is 11.2 Å². The predicted molar refractivity (Wildman–Crippen MR) is 111 cm³/mol. The van der Waals surface area contributed by atoms with Crippen LogP contribution in [0.25, 0.3) is 21.5 Å². The summed E-state index contributed by atoms with van der Waals surface area (Å²) in [7, 11) is 0. The SMILES string of the molecule is Cc1n[nH]c2ccc(-c3nnc(NCC(N)Cc4cccc(Cl)c4)s3)cc12. The molecule has 4 N–H and O–H groups in total. The molecule has 4 rings (SSSR count). The number of anilines is 1. The van der Waals surface area contributed by atoms with Gasteiger partial charge in [-0.25, -0.2) is 0 Å². The number of halogens is 1. The van der Waals surface area contributed by atoms with E-state index < -0.39 is 0 Å². The van der Waals surface area contributed by atoms with Crippen LogP contribution in [0.4, 0.5) is 5.13 Å². The Labute approximate surface area is 165 Å². The van der Waals surface area contributed by atoms with E-state index in [0.717, 1.165) is 49.3 Å². The summed E-state index contributed by atoms with van der Waals surface area (Å²) in [6.45, 7) is 2.60. The van der Waals surface area contributed by atoms with Crippen LogP contribution < -0.4 is 11.1 Å². The maximum atomic E-state index is 6.23. The predicted octanol–water partition coefficient (Wildman–Crippen LogP) is 4.03. The summed E-state index contributed by atoms with van der Waals surface area (Å²) in [6, 6.07) is 13.9. The summed E-state index contributed by atoms with van der Waals surface area (Å²) >= 11 is 7.54. The zero-order chi connectivity index (χ0) is 18.8. The Morgan fingerprint density at radius 3 is 2.96 bits per heavy atom. The van der Waals surface area contributed by atoms with Crippen molar-refractivity contribution in [2.45, 2.75) is 19.4 Å². The molecule has 0 aliphatic rings. The number of H-pyrrole nitrogens is 1. The van der Waals surface area contributed by atoms with Gasteiger partial charge in [0.2, 0.25) is 5.13 Å². The number of rotatable bonds is 6. The Kier molecular flexibility index (Phi) is 5.07. The van der Waals surface area contributed by atoms with Crippen LogP contribution in [0.3, 0.4) is 0 Å². The number of aryl methyl sites for hydroxylation is 1. The van der Waals surface area contributed by atoms with Gasteiger partial charge in [0.15, 0.2) is 0 Å². The third-order valence-electron chi connectivity index (χ3n) is 4.33. The molecule has 2 aromatic carbocycles. The summed E-state index contributed by atoms with van der Waals surface area (Å²) in [6.07, 6.45) is 0.746. The van der Waals surface area contributed by atoms with Crippen molar-refractivity contribution in [3.8, 4) is 10.6 Å². The van der Waals surface area contributed by atoms with Gasteiger partial charge < -0.3 is 11.1 Å². The lowest BCUT2D eigenvalue weighted by atomic mass is 10.1. The fraction of sp³-hybridized carbons (Fsp3) is 0.211. The molecule has 8 heteroatoms. The number of hydrogen-bond acceptors (Lipinski definition) is 6. The molecule has 1 atom stereocenters. The first-order valence-electron chi connectivity index (χ1n) is 8.61. The molecule has 0 bridgehead atoms. The van der Waals surface area contributed by atoms with Crippen molar-refractivity contribution in [3.63, 3.8) is 0 Å². The largest absolute Gasteiger partial charge is 0.359 e. The molecule has 0 aliphatic heterocycles. The van der Waals surface area contributed by atoms with Crippen LogP contribution >= 0.6 is 22.9 Å². The third-order valence-corrected chi connectivity index (χ3v) is 5.49. The number of nitrogens with one attached hydrogen (secondary N) is 2. The Morgan fingerprint density at radius 2 is 2.11 bits per heavy atom. The van der Waals surface area contributed by atoms with Crippen molar-refractivity contribution in [3.05, 3.63) is 58.7 Å². The molecular formula is C19H19ClN6S. The molecule has 1 unspecified atom stereocenters. The standard InChI is InChI=1S/C19H19ClN6S/c1-11-16-9-13(5-6-17(16)24-23-11)18-25-26-19(27-18)22-10-15(21)8-12-3-2-4-14(20)7-12/h2-7,9,15H,8,10,21H2,1H3,(H,22,26)(H,23,24). The summed E-state index contributed by atoms with van der Waals surface area (Å²) in [5, 5.41) is 22.5. The average molecular weight is 399 g/mol. The lowest BCUT2D eigenvalue weighted by Gasteiger charge is -2.12. The maximum Gasteiger partial charge on any atom is 0.206 e. The van der Waals surface area contributed by atoms with Crippen molar-refractivity contribution in [2.24, 2.45) is 5.73 Å². The van der Waals surface area contributed by atoms with Crippen molar-refractivity contribution in [1.29, 1.82) is 0 Å². The van der Waals surface area contributed by atoms with E-state index in [1.54, 1.807) is 0 Å². The number of fused-ring (bicyclic) bond motifs is 1. The topological polar surface area (TPSA) is 92.5 Å². The summed E-state index contributed by atoms with van der Waals surface area (Å²) in [4.78, 5) is 0. The number of nitrogens with two attached hydrogens (primary N) is 1. The van der Waals surface area contributed by atoms with Gasteiger partial charge in [-0.15, -0.1) is 10.2 Å². The van der Waals surface area contributed by atoms with Crippen LogP contribution in [-0.4, -0.2) is 33.0 Å². The first-order chi connectivity index (χ1) is 13.1. The number of hydrogen-bond donors (Lipinski definition) is 3. The monoisotopic (exact) mass is 398 g/mol. The van der Waals surface area contributed by atoms with Crippen LogP contribution in [-0.2, 0) is 6.42 Å². The molecule has 0 spiro atoms. The van der Waals surface area contributed by atoms with Gasteiger partial charge in [-0.05, 0) is 49.2 Å². The number of aromatic amines is 1. The second-order valence-corrected chi connectivity index (χ2v) is 7.87. The van der Waals surface area contributed by atoms with Crippen molar-refractivity contribution >= 4 is 39.0 Å². The van der Waals surface area contributed by atoms with Gasteiger partial charge in [-0.1, -0.05) is 35.1 Å². The zero-order valence-corrected chi connectivity index (χ0v) is 16.3. The molecule has 0 radical (unpaired) electrons. The Hall–Kier alpha value is -2.48. The fourth-order valence-corrected chi connectivity index (χ4v) is 3.91. The highest BCUT2D eigenvalue weighted by Crippen LogP contribution is 2.29. The van der Waals surface area contributed by atoms with Gasteiger partial charge in [-0.2, -0.15) is 5.10 Å². The number of nitrogens with zero attached hydrogens (tertiary/aromatic N) is 3. The second-order valence-electron chi connectivity index (χ2n) is 6.46. The molecule has 6 nitrogen and oxygen atoms in total. The summed E-state index contributed by atoms with van der Waals surface area (Å²) < 4.78 is 0. The Morgan fingerprint density at radius 1 is 1.22 bits per heavy atom. The normalized spacial score (nSPS) is 12.4. The van der Waals surface area contributed by atoms with E-state index in [1.807, 2.05) is 43.3 Å². The highest BCUT2D eigenvalue weighted by Gasteiger charge is 2.11. The quantitative estimate of drug-likeness (QED) is 0.456. The minimum absolute atomic E-state index is 0.0410. The Balaban J connectivity index is 1.40. The van der Waals surface area contributed by atoms with Crippen LogP contribution in [0.1, 0.15) is 11.3 Å². The molecule has 2 heterocycles. The van der Waals surface area contributed by atoms with Gasteiger partial charge in [0.1, 0.15) is 5.01 Å². The third kappa shape index (κ3) is 4.10. The highest BCUT2D eigenvalue weighted by atomic mass is 35.5. The van der Waals surface area contributed by atoms with E-state index in [9.17, 15) is 0 Å². The summed E-state index contributed by atoms with van der Waals surface area (Å²) in [5.74, 6) is 0. The molecule has 2 aromatic heterocycles. The number of benzene rings is 2. The molecule has 4 aromatic rings. The lowest BCUT2D eigenvalue weighted by Crippen LogP contribution is -2.31. The van der Waals surface area contributed by atoms with Crippen LogP contribution in [0.5, 0.6) is 0 Å². The van der Waals surface area contributed by atoms with E-state index in [4.69, 9.17) is 17.3 Å². The van der Waals surface area contributed by atoms with E-state index in [1.165, 1.54) is 11.3 Å². The van der Waals surface area contributed by atoms with E-state index in [2.05, 4.69) is 31.8 Å². The van der Waals surface area contributed by atoms with Crippen LogP contribution in [0.2, 0.25) is 5.02 Å². The molecular weight excluding hydrogens is 380 g/mol. The van der Waals surface area contributed by atoms with Gasteiger partial charge in [0.25, 0.3) is 0 Å².